The molecule has 0 aliphatic carbocycles. The third kappa shape index (κ3) is 4.03. The molecule has 1 aromatic carbocycles. The van der Waals surface area contributed by atoms with Crippen LogP contribution >= 0.6 is 0 Å². The highest BCUT2D eigenvalue weighted by molar-refractivity contribution is 7.91. The molecule has 0 atom stereocenters. The van der Waals surface area contributed by atoms with E-state index in [0.717, 1.165) is 17.5 Å². The Morgan fingerprint density at radius 1 is 1.20 bits per heavy atom. The maximum absolute atomic E-state index is 12.1. The van der Waals surface area contributed by atoms with Crippen LogP contribution in [0.2, 0.25) is 0 Å². The van der Waals surface area contributed by atoms with Gasteiger partial charge < -0.3 is 0 Å². The summed E-state index contributed by atoms with van der Waals surface area (Å²) in [6.07, 6.45) is 3.69. The number of nitrogens with zero attached hydrogens (tertiary/aromatic N) is 2. The first-order valence-corrected chi connectivity index (χ1v) is 8.00. The second-order valence-electron chi connectivity index (χ2n) is 4.59. The first kappa shape index (κ1) is 14.5. The molecule has 0 aliphatic rings. The molecule has 0 fully saturated rings. The van der Waals surface area contributed by atoms with Crippen LogP contribution in [-0.4, -0.2) is 18.4 Å². The molecule has 106 valence electrons. The fraction of sp³-hybridized carbons (Fsp3) is 0.286. The topological polar surface area (TPSA) is 72.0 Å². The Balaban J connectivity index is 2.10. The van der Waals surface area contributed by atoms with E-state index in [-0.39, 0.29) is 5.75 Å². The molecule has 0 amide bonds. The van der Waals surface area contributed by atoms with E-state index in [2.05, 4.69) is 14.7 Å². The van der Waals surface area contributed by atoms with Crippen LogP contribution in [-0.2, 0) is 22.2 Å². The number of hydrogen-bond acceptors (Lipinski definition) is 4. The average Bonchev–Trinajstić information content (AvgIpc) is 2.38. The average molecular weight is 291 g/mol. The Hall–Kier alpha value is -1.95. The fourth-order valence-electron chi connectivity index (χ4n) is 1.83. The molecule has 2 aromatic rings. The molecule has 20 heavy (non-hydrogen) atoms. The van der Waals surface area contributed by atoms with Crippen LogP contribution in [0.1, 0.15) is 23.9 Å². The van der Waals surface area contributed by atoms with Crippen molar-refractivity contribution in [2.75, 3.05) is 4.72 Å². The quantitative estimate of drug-likeness (QED) is 0.917. The molecule has 1 heterocycles. The molecule has 0 saturated heterocycles. The molecule has 0 bridgehead atoms. The predicted molar refractivity (Wildman–Crippen MR) is 78.8 cm³/mol. The number of aryl methyl sites for hydroxylation is 2. The number of aromatic nitrogens is 2. The number of anilines is 1. The Labute approximate surface area is 119 Å². The van der Waals surface area contributed by atoms with Crippen LogP contribution < -0.4 is 4.72 Å². The fourth-order valence-corrected chi connectivity index (χ4v) is 2.98. The van der Waals surface area contributed by atoms with Gasteiger partial charge in [0, 0.05) is 6.42 Å². The van der Waals surface area contributed by atoms with Crippen LogP contribution in [0, 0.1) is 6.92 Å². The van der Waals surface area contributed by atoms with Crippen molar-refractivity contribution in [3.05, 3.63) is 53.6 Å². The molecule has 0 radical (unpaired) electrons. The summed E-state index contributed by atoms with van der Waals surface area (Å²) in [5.41, 5.74) is 2.17. The van der Waals surface area contributed by atoms with Crippen LogP contribution in [0.4, 0.5) is 5.69 Å². The van der Waals surface area contributed by atoms with Crippen molar-refractivity contribution >= 4 is 15.7 Å². The predicted octanol–water partition coefficient (Wildman–Crippen LogP) is 2.29. The highest BCUT2D eigenvalue weighted by Crippen LogP contribution is 2.12. The van der Waals surface area contributed by atoms with Gasteiger partial charge in [-0.15, -0.1) is 0 Å². The molecule has 0 saturated carbocycles. The molecule has 1 aromatic heterocycles. The summed E-state index contributed by atoms with van der Waals surface area (Å²) < 4.78 is 26.6. The van der Waals surface area contributed by atoms with E-state index >= 15 is 0 Å². The molecular weight excluding hydrogens is 274 g/mol. The van der Waals surface area contributed by atoms with E-state index in [4.69, 9.17) is 0 Å². The first-order valence-electron chi connectivity index (χ1n) is 6.35. The molecule has 1 N–H and O–H groups in total. The van der Waals surface area contributed by atoms with E-state index < -0.39 is 10.0 Å². The normalized spacial score (nSPS) is 11.3. The highest BCUT2D eigenvalue weighted by Gasteiger charge is 2.12. The lowest BCUT2D eigenvalue weighted by Gasteiger charge is -2.08. The summed E-state index contributed by atoms with van der Waals surface area (Å²) in [5, 5.41) is 0. The lowest BCUT2D eigenvalue weighted by Crippen LogP contribution is -2.15. The molecule has 5 nitrogen and oxygen atoms in total. The summed E-state index contributed by atoms with van der Waals surface area (Å²) in [6, 6.07) is 7.43. The SMILES string of the molecule is CCc1ncc(NS(=O)(=O)Cc2cccc(C)c2)cn1. The molecule has 6 heteroatoms. The lowest BCUT2D eigenvalue weighted by atomic mass is 10.2. The lowest BCUT2D eigenvalue weighted by molar-refractivity contribution is 0.600. The third-order valence-electron chi connectivity index (χ3n) is 2.73. The van der Waals surface area contributed by atoms with Crippen LogP contribution in [0.5, 0.6) is 0 Å². The zero-order chi connectivity index (χ0) is 14.6. The third-order valence-corrected chi connectivity index (χ3v) is 3.99. The van der Waals surface area contributed by atoms with Crippen molar-refractivity contribution in [3.8, 4) is 0 Å². The number of rotatable bonds is 5. The minimum Gasteiger partial charge on any atom is -0.280 e. The molecular formula is C14H17N3O2S. The second kappa shape index (κ2) is 6.00. The number of benzene rings is 1. The van der Waals surface area contributed by atoms with Gasteiger partial charge in [-0.1, -0.05) is 36.8 Å². The Morgan fingerprint density at radius 3 is 2.50 bits per heavy atom. The number of hydrogen-bond donors (Lipinski definition) is 1. The maximum atomic E-state index is 12.1. The highest BCUT2D eigenvalue weighted by atomic mass is 32.2. The summed E-state index contributed by atoms with van der Waals surface area (Å²) in [4.78, 5) is 8.13. The van der Waals surface area contributed by atoms with Gasteiger partial charge in [-0.25, -0.2) is 18.4 Å². The molecule has 0 unspecified atom stereocenters. The smallest absolute Gasteiger partial charge is 0.237 e. The van der Waals surface area contributed by atoms with E-state index in [0.29, 0.717) is 11.5 Å². The van der Waals surface area contributed by atoms with Crippen molar-refractivity contribution in [3.63, 3.8) is 0 Å². The van der Waals surface area contributed by atoms with E-state index in [1.165, 1.54) is 12.4 Å². The Bertz CT molecular complexity index is 682. The van der Waals surface area contributed by atoms with Gasteiger partial charge in [0.05, 0.1) is 23.8 Å². The molecule has 0 aliphatic heterocycles. The summed E-state index contributed by atoms with van der Waals surface area (Å²) in [5.74, 6) is 0.621. The number of sulfonamides is 1. The van der Waals surface area contributed by atoms with E-state index in [1.54, 1.807) is 6.07 Å². The van der Waals surface area contributed by atoms with Crippen molar-refractivity contribution < 1.29 is 8.42 Å². The zero-order valence-corrected chi connectivity index (χ0v) is 12.3. The van der Waals surface area contributed by atoms with Gasteiger partial charge in [0.25, 0.3) is 0 Å². The van der Waals surface area contributed by atoms with E-state index in [1.807, 2.05) is 32.0 Å². The van der Waals surface area contributed by atoms with Gasteiger partial charge in [0.15, 0.2) is 0 Å². The van der Waals surface area contributed by atoms with Crippen molar-refractivity contribution in [1.82, 2.24) is 9.97 Å². The monoisotopic (exact) mass is 291 g/mol. The maximum Gasteiger partial charge on any atom is 0.237 e. The Morgan fingerprint density at radius 2 is 1.90 bits per heavy atom. The zero-order valence-electron chi connectivity index (χ0n) is 11.5. The summed E-state index contributed by atoms with van der Waals surface area (Å²) in [6.45, 7) is 3.87. The summed E-state index contributed by atoms with van der Waals surface area (Å²) in [7, 11) is -3.45. The van der Waals surface area contributed by atoms with Crippen molar-refractivity contribution in [2.24, 2.45) is 0 Å². The first-order chi connectivity index (χ1) is 9.48. The second-order valence-corrected chi connectivity index (χ2v) is 6.31. The van der Waals surface area contributed by atoms with Gasteiger partial charge in [-0.3, -0.25) is 4.72 Å². The Kier molecular flexibility index (Phi) is 4.34. The number of nitrogens with one attached hydrogen (secondary N) is 1. The molecule has 0 spiro atoms. The van der Waals surface area contributed by atoms with Crippen LogP contribution in [0.15, 0.2) is 36.7 Å². The van der Waals surface area contributed by atoms with Gasteiger partial charge in [0.2, 0.25) is 10.0 Å². The van der Waals surface area contributed by atoms with E-state index in [9.17, 15) is 8.42 Å². The van der Waals surface area contributed by atoms with Crippen molar-refractivity contribution in [2.45, 2.75) is 26.0 Å². The molecule has 2 rings (SSSR count). The van der Waals surface area contributed by atoms with Gasteiger partial charge in [0.1, 0.15) is 5.82 Å². The van der Waals surface area contributed by atoms with Gasteiger partial charge in [-0.2, -0.15) is 0 Å². The minimum atomic E-state index is -3.45. The summed E-state index contributed by atoms with van der Waals surface area (Å²) >= 11 is 0. The van der Waals surface area contributed by atoms with Gasteiger partial charge in [-0.05, 0) is 12.5 Å². The largest absolute Gasteiger partial charge is 0.280 e. The standard InChI is InChI=1S/C14H17N3O2S/c1-3-14-15-8-13(9-16-14)17-20(18,19)10-12-6-4-5-11(2)7-12/h4-9,17H,3,10H2,1-2H3. The van der Waals surface area contributed by atoms with Crippen LogP contribution in [0.25, 0.3) is 0 Å². The van der Waals surface area contributed by atoms with Crippen LogP contribution in [0.3, 0.4) is 0 Å². The minimum absolute atomic E-state index is 0.0653. The van der Waals surface area contributed by atoms with Crippen molar-refractivity contribution in [1.29, 1.82) is 0 Å². The van der Waals surface area contributed by atoms with Gasteiger partial charge >= 0.3 is 0 Å².